The van der Waals surface area contributed by atoms with Crippen LogP contribution in [-0.4, -0.2) is 31.7 Å². The van der Waals surface area contributed by atoms with Gasteiger partial charge in [-0.3, -0.25) is 0 Å². The Kier molecular flexibility index (Phi) is 11.0. The van der Waals surface area contributed by atoms with E-state index >= 15 is 0 Å². The fourth-order valence-corrected chi connectivity index (χ4v) is 3.26. The summed E-state index contributed by atoms with van der Waals surface area (Å²) in [5.74, 6) is 0. The number of nitrogens with two attached hydrogens (primary N) is 1. The van der Waals surface area contributed by atoms with Crippen LogP contribution in [0.25, 0.3) is 0 Å². The van der Waals surface area contributed by atoms with E-state index in [1.54, 1.807) is 0 Å². The van der Waals surface area contributed by atoms with Gasteiger partial charge in [0.2, 0.25) is 0 Å². The second-order valence-corrected chi connectivity index (χ2v) is 7.63. The molecule has 0 amide bonds. The third-order valence-electron chi connectivity index (χ3n) is 4.67. The normalized spacial score (nSPS) is 11.8. The van der Waals surface area contributed by atoms with E-state index in [0.717, 1.165) is 17.6 Å². The van der Waals surface area contributed by atoms with Gasteiger partial charge in [0.1, 0.15) is 6.54 Å². The van der Waals surface area contributed by atoms with Gasteiger partial charge in [0.15, 0.2) is 0 Å². The summed E-state index contributed by atoms with van der Waals surface area (Å²) in [6.45, 7) is 3.29. The molecule has 0 aliphatic rings. The molecular weight excluding hydrogens is 280 g/mol. The summed E-state index contributed by atoms with van der Waals surface area (Å²) in [6, 6.07) is 10.9. The van der Waals surface area contributed by atoms with Crippen molar-refractivity contribution < 1.29 is 4.48 Å². The number of hydrogen-bond donors (Lipinski definition) is 1. The molecule has 0 spiro atoms. The lowest BCUT2D eigenvalue weighted by Crippen LogP contribution is -2.39. The first-order valence-electron chi connectivity index (χ1n) is 9.70. The Balaban J connectivity index is 1.95. The summed E-state index contributed by atoms with van der Waals surface area (Å²) in [5.41, 5.74) is 6.96. The molecule has 132 valence electrons. The molecule has 1 rings (SSSR count). The summed E-state index contributed by atoms with van der Waals surface area (Å²) in [7, 11) is 4.71. The zero-order valence-electron chi connectivity index (χ0n) is 15.6. The molecular formula is C21H39N2+. The molecule has 0 radical (unpaired) electrons. The second kappa shape index (κ2) is 12.5. The standard InChI is InChI=1S/C21H39N2/c1-23(2,20-21-16-12-11-13-17-21)19-15-10-8-6-4-3-5-7-9-14-18-22/h11-13,16-17H,3-10,14-15,18-20,22H2,1-2H3/q+1. The van der Waals surface area contributed by atoms with Crippen molar-refractivity contribution in [2.24, 2.45) is 5.73 Å². The quantitative estimate of drug-likeness (QED) is 0.374. The predicted octanol–water partition coefficient (Wildman–Crippen LogP) is 5.12. The molecule has 0 aliphatic heterocycles. The maximum atomic E-state index is 5.51. The molecule has 0 saturated carbocycles. The summed E-state index contributed by atoms with van der Waals surface area (Å²) in [4.78, 5) is 0. The topological polar surface area (TPSA) is 26.0 Å². The minimum absolute atomic E-state index is 0.860. The van der Waals surface area contributed by atoms with Gasteiger partial charge < -0.3 is 10.2 Å². The van der Waals surface area contributed by atoms with Gasteiger partial charge >= 0.3 is 0 Å². The van der Waals surface area contributed by atoms with Crippen LogP contribution in [0.15, 0.2) is 30.3 Å². The van der Waals surface area contributed by atoms with Gasteiger partial charge in [-0.2, -0.15) is 0 Å². The van der Waals surface area contributed by atoms with Gasteiger partial charge in [-0.1, -0.05) is 75.3 Å². The van der Waals surface area contributed by atoms with Crippen LogP contribution < -0.4 is 5.73 Å². The molecule has 2 N–H and O–H groups in total. The fraction of sp³-hybridized carbons (Fsp3) is 0.714. The maximum Gasteiger partial charge on any atom is 0.104 e. The molecule has 1 aromatic carbocycles. The van der Waals surface area contributed by atoms with Crippen molar-refractivity contribution in [3.63, 3.8) is 0 Å². The van der Waals surface area contributed by atoms with E-state index < -0.39 is 0 Å². The zero-order valence-corrected chi connectivity index (χ0v) is 15.6. The minimum Gasteiger partial charge on any atom is -0.330 e. The third kappa shape index (κ3) is 11.3. The molecule has 0 fully saturated rings. The van der Waals surface area contributed by atoms with Crippen LogP contribution in [-0.2, 0) is 6.54 Å². The average Bonchev–Trinajstić information content (AvgIpc) is 2.53. The Morgan fingerprint density at radius 3 is 1.70 bits per heavy atom. The van der Waals surface area contributed by atoms with Crippen LogP contribution in [0.1, 0.15) is 69.8 Å². The van der Waals surface area contributed by atoms with Gasteiger partial charge in [-0.25, -0.2) is 0 Å². The molecule has 2 nitrogen and oxygen atoms in total. The monoisotopic (exact) mass is 319 g/mol. The number of nitrogens with zero attached hydrogens (tertiary/aromatic N) is 1. The van der Waals surface area contributed by atoms with E-state index in [2.05, 4.69) is 44.4 Å². The highest BCUT2D eigenvalue weighted by molar-refractivity contribution is 5.13. The van der Waals surface area contributed by atoms with Gasteiger partial charge in [-0.15, -0.1) is 0 Å². The Morgan fingerprint density at radius 2 is 1.17 bits per heavy atom. The van der Waals surface area contributed by atoms with Gasteiger partial charge in [0, 0.05) is 5.56 Å². The van der Waals surface area contributed by atoms with Gasteiger partial charge in [0.25, 0.3) is 0 Å². The van der Waals surface area contributed by atoms with Crippen molar-refractivity contribution in [2.45, 2.75) is 70.8 Å². The molecule has 0 aromatic heterocycles. The average molecular weight is 320 g/mol. The highest BCUT2D eigenvalue weighted by Gasteiger charge is 2.14. The molecule has 1 aromatic rings. The molecule has 0 aliphatic carbocycles. The third-order valence-corrected chi connectivity index (χ3v) is 4.67. The molecule has 0 unspecified atom stereocenters. The van der Waals surface area contributed by atoms with Crippen LogP contribution in [0, 0.1) is 0 Å². The van der Waals surface area contributed by atoms with Crippen molar-refractivity contribution >= 4 is 0 Å². The lowest BCUT2D eigenvalue weighted by molar-refractivity contribution is -0.903. The van der Waals surface area contributed by atoms with E-state index in [0.29, 0.717) is 0 Å². The molecule has 0 atom stereocenters. The van der Waals surface area contributed by atoms with E-state index in [1.807, 2.05) is 0 Å². The Morgan fingerprint density at radius 1 is 0.696 bits per heavy atom. The minimum atomic E-state index is 0.860. The Labute approximate surface area is 144 Å². The summed E-state index contributed by atoms with van der Waals surface area (Å²) in [5, 5.41) is 0. The van der Waals surface area contributed by atoms with E-state index in [1.165, 1.54) is 76.3 Å². The number of rotatable bonds is 14. The van der Waals surface area contributed by atoms with Crippen molar-refractivity contribution in [2.75, 3.05) is 27.2 Å². The van der Waals surface area contributed by atoms with Gasteiger partial charge in [-0.05, 0) is 25.8 Å². The van der Waals surface area contributed by atoms with Crippen molar-refractivity contribution in [1.29, 1.82) is 0 Å². The largest absolute Gasteiger partial charge is 0.330 e. The highest BCUT2D eigenvalue weighted by atomic mass is 15.3. The number of quaternary nitrogens is 1. The lowest BCUT2D eigenvalue weighted by atomic mass is 10.1. The molecule has 0 bridgehead atoms. The van der Waals surface area contributed by atoms with E-state index in [-0.39, 0.29) is 0 Å². The summed E-state index contributed by atoms with van der Waals surface area (Å²) >= 11 is 0. The van der Waals surface area contributed by atoms with E-state index in [4.69, 9.17) is 5.73 Å². The number of unbranched alkanes of at least 4 members (excludes halogenated alkanes) is 9. The van der Waals surface area contributed by atoms with E-state index in [9.17, 15) is 0 Å². The van der Waals surface area contributed by atoms with Crippen molar-refractivity contribution in [1.82, 2.24) is 0 Å². The summed E-state index contributed by atoms with van der Waals surface area (Å²) < 4.78 is 1.10. The molecule has 2 heteroatoms. The lowest BCUT2D eigenvalue weighted by Gasteiger charge is -2.30. The van der Waals surface area contributed by atoms with Crippen LogP contribution in [0.2, 0.25) is 0 Å². The van der Waals surface area contributed by atoms with Crippen LogP contribution in [0.5, 0.6) is 0 Å². The maximum absolute atomic E-state index is 5.51. The molecule has 0 heterocycles. The highest BCUT2D eigenvalue weighted by Crippen LogP contribution is 2.13. The summed E-state index contributed by atoms with van der Waals surface area (Å²) in [6.07, 6.45) is 13.7. The van der Waals surface area contributed by atoms with Gasteiger partial charge in [0.05, 0.1) is 20.6 Å². The predicted molar refractivity (Wildman–Crippen MR) is 102 cm³/mol. The van der Waals surface area contributed by atoms with Crippen LogP contribution in [0.4, 0.5) is 0 Å². The number of benzene rings is 1. The fourth-order valence-electron chi connectivity index (χ4n) is 3.26. The van der Waals surface area contributed by atoms with Crippen molar-refractivity contribution in [3.8, 4) is 0 Å². The smallest absolute Gasteiger partial charge is 0.104 e. The first kappa shape index (κ1) is 20.2. The molecule has 0 saturated heterocycles. The second-order valence-electron chi connectivity index (χ2n) is 7.63. The van der Waals surface area contributed by atoms with Crippen molar-refractivity contribution in [3.05, 3.63) is 35.9 Å². The SMILES string of the molecule is C[N+](C)(CCCCCCCCCCCCN)Cc1ccccc1. The number of hydrogen-bond acceptors (Lipinski definition) is 1. The van der Waals surface area contributed by atoms with Crippen LogP contribution >= 0.6 is 0 Å². The Bertz CT molecular complexity index is 373. The first-order chi connectivity index (χ1) is 11.1. The first-order valence-corrected chi connectivity index (χ1v) is 9.70. The Hall–Kier alpha value is -0.860. The zero-order chi connectivity index (χ0) is 16.8. The van der Waals surface area contributed by atoms with Crippen LogP contribution in [0.3, 0.4) is 0 Å². The molecule has 23 heavy (non-hydrogen) atoms.